The Bertz CT molecular complexity index is 205. The highest BCUT2D eigenvalue weighted by atomic mass is 16.3. The summed E-state index contributed by atoms with van der Waals surface area (Å²) in [4.78, 5) is 4.06. The van der Waals surface area contributed by atoms with Crippen molar-refractivity contribution in [2.24, 2.45) is 7.05 Å². The summed E-state index contributed by atoms with van der Waals surface area (Å²) in [5.41, 5.74) is 0. The monoisotopic (exact) mass is 140 g/mol. The minimum absolute atomic E-state index is 0.305. The van der Waals surface area contributed by atoms with E-state index in [1.165, 1.54) is 0 Å². The van der Waals surface area contributed by atoms with Crippen LogP contribution in [-0.4, -0.2) is 20.8 Å². The van der Waals surface area contributed by atoms with Gasteiger partial charge in [0, 0.05) is 25.9 Å². The Hall–Kier alpha value is -0.830. The Labute approximate surface area is 60.3 Å². The number of imidazole rings is 1. The van der Waals surface area contributed by atoms with Crippen molar-refractivity contribution in [3.63, 3.8) is 0 Å². The fourth-order valence-electron chi connectivity index (χ4n) is 0.857. The summed E-state index contributed by atoms with van der Waals surface area (Å²) < 4.78 is 1.91. The fourth-order valence-corrected chi connectivity index (χ4v) is 0.857. The summed E-state index contributed by atoms with van der Waals surface area (Å²) in [6.45, 7) is 1.76. The van der Waals surface area contributed by atoms with Gasteiger partial charge in [-0.15, -0.1) is 0 Å². The lowest BCUT2D eigenvalue weighted by Crippen LogP contribution is -2.08. The van der Waals surface area contributed by atoms with Crippen molar-refractivity contribution in [2.75, 3.05) is 0 Å². The molecule has 1 aromatic rings. The number of aliphatic hydroxyl groups excluding tert-OH is 1. The second kappa shape index (κ2) is 2.84. The summed E-state index contributed by atoms with van der Waals surface area (Å²) in [5.74, 6) is 0.926. The molecular weight excluding hydrogens is 128 g/mol. The van der Waals surface area contributed by atoms with Gasteiger partial charge in [0.2, 0.25) is 0 Å². The Kier molecular flexibility index (Phi) is 2.06. The Morgan fingerprint density at radius 1 is 1.80 bits per heavy atom. The van der Waals surface area contributed by atoms with Gasteiger partial charge in [-0.3, -0.25) is 0 Å². The Morgan fingerprint density at radius 2 is 2.50 bits per heavy atom. The van der Waals surface area contributed by atoms with Crippen LogP contribution in [0.3, 0.4) is 0 Å². The molecule has 3 heteroatoms. The van der Waals surface area contributed by atoms with Gasteiger partial charge in [0.1, 0.15) is 5.82 Å². The first-order valence-electron chi connectivity index (χ1n) is 3.34. The predicted molar refractivity (Wildman–Crippen MR) is 38.6 cm³/mol. The van der Waals surface area contributed by atoms with E-state index in [1.807, 2.05) is 17.8 Å². The van der Waals surface area contributed by atoms with Crippen LogP contribution in [0.1, 0.15) is 12.7 Å². The highest BCUT2D eigenvalue weighted by molar-refractivity contribution is 4.92. The molecule has 0 aliphatic heterocycles. The molecule has 0 fully saturated rings. The van der Waals surface area contributed by atoms with Crippen LogP contribution in [0.2, 0.25) is 0 Å². The molecule has 1 N–H and O–H groups in total. The van der Waals surface area contributed by atoms with Crippen molar-refractivity contribution in [1.82, 2.24) is 9.55 Å². The van der Waals surface area contributed by atoms with Crippen molar-refractivity contribution in [3.05, 3.63) is 18.2 Å². The number of hydrogen-bond donors (Lipinski definition) is 1. The zero-order valence-corrected chi connectivity index (χ0v) is 6.28. The van der Waals surface area contributed by atoms with Gasteiger partial charge in [-0.05, 0) is 6.92 Å². The molecule has 0 aromatic carbocycles. The highest BCUT2D eigenvalue weighted by Gasteiger charge is 2.01. The smallest absolute Gasteiger partial charge is 0.110 e. The topological polar surface area (TPSA) is 38.1 Å². The van der Waals surface area contributed by atoms with E-state index in [4.69, 9.17) is 5.11 Å². The lowest BCUT2D eigenvalue weighted by molar-refractivity contribution is 0.192. The zero-order valence-electron chi connectivity index (χ0n) is 6.28. The normalized spacial score (nSPS) is 13.5. The van der Waals surface area contributed by atoms with Crippen molar-refractivity contribution >= 4 is 0 Å². The zero-order chi connectivity index (χ0) is 7.56. The van der Waals surface area contributed by atoms with Gasteiger partial charge in [-0.2, -0.15) is 0 Å². The van der Waals surface area contributed by atoms with Gasteiger partial charge in [-0.1, -0.05) is 0 Å². The average Bonchev–Trinajstić information content (AvgIpc) is 2.15. The number of aryl methyl sites for hydroxylation is 1. The Morgan fingerprint density at radius 3 is 2.90 bits per heavy atom. The van der Waals surface area contributed by atoms with Crippen LogP contribution in [0, 0.1) is 0 Å². The largest absolute Gasteiger partial charge is 0.393 e. The lowest BCUT2D eigenvalue weighted by atomic mass is 10.3. The van der Waals surface area contributed by atoms with Gasteiger partial charge < -0.3 is 9.67 Å². The third-order valence-electron chi connectivity index (χ3n) is 1.40. The highest BCUT2D eigenvalue weighted by Crippen LogP contribution is 1.98. The first-order chi connectivity index (χ1) is 4.70. The molecule has 1 atom stereocenters. The summed E-state index contributed by atoms with van der Waals surface area (Å²) in [7, 11) is 1.92. The molecule has 0 aliphatic carbocycles. The molecule has 0 aliphatic rings. The number of aliphatic hydroxyl groups is 1. The second-order valence-corrected chi connectivity index (χ2v) is 2.51. The summed E-state index contributed by atoms with van der Waals surface area (Å²) in [5, 5.41) is 9.00. The Balaban J connectivity index is 2.65. The first kappa shape index (κ1) is 7.28. The number of hydrogen-bond acceptors (Lipinski definition) is 2. The van der Waals surface area contributed by atoms with Crippen LogP contribution in [0.5, 0.6) is 0 Å². The molecule has 1 rings (SSSR count). The second-order valence-electron chi connectivity index (χ2n) is 2.51. The van der Waals surface area contributed by atoms with Crippen molar-refractivity contribution in [1.29, 1.82) is 0 Å². The van der Waals surface area contributed by atoms with Crippen molar-refractivity contribution in [2.45, 2.75) is 19.4 Å². The molecular formula is C7H12N2O. The lowest BCUT2D eigenvalue weighted by Gasteiger charge is -2.02. The number of nitrogens with zero attached hydrogens (tertiary/aromatic N) is 2. The van der Waals surface area contributed by atoms with Crippen LogP contribution in [0.15, 0.2) is 12.4 Å². The summed E-state index contributed by atoms with van der Waals surface area (Å²) in [6.07, 6.45) is 3.93. The standard InChI is InChI=1S/C7H12N2O/c1-6(10)5-7-8-3-4-9(7)2/h3-4,6,10H,5H2,1-2H3. The SMILES string of the molecule is CC(O)Cc1nccn1C. The van der Waals surface area contributed by atoms with Crippen molar-refractivity contribution < 1.29 is 5.11 Å². The molecule has 0 bridgehead atoms. The minimum atomic E-state index is -0.305. The summed E-state index contributed by atoms with van der Waals surface area (Å²) >= 11 is 0. The number of rotatable bonds is 2. The van der Waals surface area contributed by atoms with Crippen LogP contribution >= 0.6 is 0 Å². The van der Waals surface area contributed by atoms with E-state index >= 15 is 0 Å². The third-order valence-corrected chi connectivity index (χ3v) is 1.40. The molecule has 0 spiro atoms. The fraction of sp³-hybridized carbons (Fsp3) is 0.571. The van der Waals surface area contributed by atoms with Crippen LogP contribution in [-0.2, 0) is 13.5 Å². The van der Waals surface area contributed by atoms with Crippen LogP contribution < -0.4 is 0 Å². The number of aromatic nitrogens is 2. The van der Waals surface area contributed by atoms with Crippen molar-refractivity contribution in [3.8, 4) is 0 Å². The maximum absolute atomic E-state index is 9.00. The van der Waals surface area contributed by atoms with E-state index in [2.05, 4.69) is 4.98 Å². The maximum atomic E-state index is 9.00. The van der Waals surface area contributed by atoms with E-state index in [0.29, 0.717) is 6.42 Å². The molecule has 1 aromatic heterocycles. The molecule has 1 heterocycles. The maximum Gasteiger partial charge on any atom is 0.110 e. The molecule has 0 saturated heterocycles. The molecule has 10 heavy (non-hydrogen) atoms. The molecule has 0 radical (unpaired) electrons. The van der Waals surface area contributed by atoms with Gasteiger partial charge in [0.05, 0.1) is 6.10 Å². The van der Waals surface area contributed by atoms with Gasteiger partial charge in [-0.25, -0.2) is 4.98 Å². The predicted octanol–water partition coefficient (Wildman–Crippen LogP) is 0.343. The molecule has 3 nitrogen and oxygen atoms in total. The quantitative estimate of drug-likeness (QED) is 0.643. The molecule has 0 amide bonds. The van der Waals surface area contributed by atoms with E-state index in [-0.39, 0.29) is 6.10 Å². The van der Waals surface area contributed by atoms with E-state index in [0.717, 1.165) is 5.82 Å². The molecule has 0 saturated carbocycles. The van der Waals surface area contributed by atoms with E-state index in [1.54, 1.807) is 13.1 Å². The van der Waals surface area contributed by atoms with Gasteiger partial charge >= 0.3 is 0 Å². The molecule has 1 unspecified atom stereocenters. The van der Waals surface area contributed by atoms with Crippen LogP contribution in [0.25, 0.3) is 0 Å². The third kappa shape index (κ3) is 1.57. The minimum Gasteiger partial charge on any atom is -0.393 e. The molecule has 56 valence electrons. The average molecular weight is 140 g/mol. The van der Waals surface area contributed by atoms with Gasteiger partial charge in [0.25, 0.3) is 0 Å². The van der Waals surface area contributed by atoms with E-state index in [9.17, 15) is 0 Å². The van der Waals surface area contributed by atoms with Crippen LogP contribution in [0.4, 0.5) is 0 Å². The first-order valence-corrected chi connectivity index (χ1v) is 3.34. The van der Waals surface area contributed by atoms with E-state index < -0.39 is 0 Å². The van der Waals surface area contributed by atoms with Gasteiger partial charge in [0.15, 0.2) is 0 Å². The summed E-state index contributed by atoms with van der Waals surface area (Å²) in [6, 6.07) is 0.